The SMILES string of the molecule is CCC(C)(CN)C(=O)Nc1ccc(F)cc1C. The first-order valence-electron chi connectivity index (χ1n) is 5.70. The summed E-state index contributed by atoms with van der Waals surface area (Å²) in [5.41, 5.74) is 6.36. The van der Waals surface area contributed by atoms with Crippen LogP contribution in [0, 0.1) is 18.2 Å². The zero-order chi connectivity index (χ0) is 13.1. The highest BCUT2D eigenvalue weighted by Gasteiger charge is 2.29. The lowest BCUT2D eigenvalue weighted by molar-refractivity contribution is -0.124. The number of rotatable bonds is 4. The van der Waals surface area contributed by atoms with Crippen molar-refractivity contribution < 1.29 is 9.18 Å². The number of benzene rings is 1. The molecule has 1 atom stereocenters. The number of hydrogen-bond acceptors (Lipinski definition) is 2. The molecule has 0 aliphatic carbocycles. The number of halogens is 1. The lowest BCUT2D eigenvalue weighted by atomic mass is 9.86. The topological polar surface area (TPSA) is 55.1 Å². The van der Waals surface area contributed by atoms with E-state index in [0.717, 1.165) is 0 Å². The highest BCUT2D eigenvalue weighted by atomic mass is 19.1. The summed E-state index contributed by atoms with van der Waals surface area (Å²) in [4.78, 5) is 12.0. The summed E-state index contributed by atoms with van der Waals surface area (Å²) in [6.07, 6.45) is 0.662. The molecule has 1 aromatic rings. The van der Waals surface area contributed by atoms with Crippen molar-refractivity contribution in [3.05, 3.63) is 29.6 Å². The first-order valence-corrected chi connectivity index (χ1v) is 5.70. The second-order valence-electron chi connectivity index (χ2n) is 4.53. The van der Waals surface area contributed by atoms with Crippen LogP contribution >= 0.6 is 0 Å². The van der Waals surface area contributed by atoms with Crippen molar-refractivity contribution in [2.24, 2.45) is 11.1 Å². The number of anilines is 1. The van der Waals surface area contributed by atoms with Gasteiger partial charge in [0.05, 0.1) is 5.41 Å². The van der Waals surface area contributed by atoms with Gasteiger partial charge in [0.15, 0.2) is 0 Å². The molecule has 0 bridgehead atoms. The molecule has 0 fully saturated rings. The van der Waals surface area contributed by atoms with E-state index >= 15 is 0 Å². The second kappa shape index (κ2) is 5.27. The van der Waals surface area contributed by atoms with Crippen molar-refractivity contribution in [2.45, 2.75) is 27.2 Å². The number of nitrogens with one attached hydrogen (secondary N) is 1. The zero-order valence-electron chi connectivity index (χ0n) is 10.5. The average molecular weight is 238 g/mol. The molecule has 0 aliphatic rings. The van der Waals surface area contributed by atoms with Crippen molar-refractivity contribution in [1.29, 1.82) is 0 Å². The molecule has 3 nitrogen and oxygen atoms in total. The van der Waals surface area contributed by atoms with Crippen LogP contribution in [0.3, 0.4) is 0 Å². The summed E-state index contributed by atoms with van der Waals surface area (Å²) < 4.78 is 12.9. The number of carbonyl (C=O) groups is 1. The van der Waals surface area contributed by atoms with Gasteiger partial charge in [-0.2, -0.15) is 0 Å². The summed E-state index contributed by atoms with van der Waals surface area (Å²) in [5.74, 6) is -0.435. The van der Waals surface area contributed by atoms with Crippen LogP contribution in [0.15, 0.2) is 18.2 Å². The summed E-state index contributed by atoms with van der Waals surface area (Å²) in [6.45, 7) is 5.78. The molecule has 0 radical (unpaired) electrons. The van der Waals surface area contributed by atoms with Gasteiger partial charge in [0, 0.05) is 12.2 Å². The van der Waals surface area contributed by atoms with Gasteiger partial charge in [-0.25, -0.2) is 4.39 Å². The third kappa shape index (κ3) is 3.03. The van der Waals surface area contributed by atoms with Crippen LogP contribution in [0.25, 0.3) is 0 Å². The van der Waals surface area contributed by atoms with E-state index in [1.807, 2.05) is 13.8 Å². The maximum absolute atomic E-state index is 12.9. The Morgan fingerprint density at radius 2 is 2.18 bits per heavy atom. The Morgan fingerprint density at radius 3 is 2.65 bits per heavy atom. The minimum atomic E-state index is -0.583. The van der Waals surface area contributed by atoms with Gasteiger partial charge in [0.1, 0.15) is 5.82 Å². The Morgan fingerprint density at radius 1 is 1.53 bits per heavy atom. The van der Waals surface area contributed by atoms with Crippen LogP contribution in [-0.2, 0) is 4.79 Å². The molecule has 94 valence electrons. The van der Waals surface area contributed by atoms with Gasteiger partial charge in [0.2, 0.25) is 5.91 Å². The van der Waals surface area contributed by atoms with E-state index in [-0.39, 0.29) is 18.3 Å². The van der Waals surface area contributed by atoms with Crippen molar-refractivity contribution in [3.63, 3.8) is 0 Å². The van der Waals surface area contributed by atoms with Gasteiger partial charge in [-0.1, -0.05) is 6.92 Å². The van der Waals surface area contributed by atoms with Gasteiger partial charge in [-0.3, -0.25) is 4.79 Å². The second-order valence-corrected chi connectivity index (χ2v) is 4.53. The van der Waals surface area contributed by atoms with Crippen molar-refractivity contribution in [2.75, 3.05) is 11.9 Å². The van der Waals surface area contributed by atoms with E-state index in [4.69, 9.17) is 5.73 Å². The van der Waals surface area contributed by atoms with Crippen molar-refractivity contribution in [1.82, 2.24) is 0 Å². The molecular weight excluding hydrogens is 219 g/mol. The fraction of sp³-hybridized carbons (Fsp3) is 0.462. The van der Waals surface area contributed by atoms with Crippen LogP contribution in [0.2, 0.25) is 0 Å². The fourth-order valence-corrected chi connectivity index (χ4v) is 1.44. The molecule has 0 saturated heterocycles. The van der Waals surface area contributed by atoms with Gasteiger partial charge < -0.3 is 11.1 Å². The molecule has 0 saturated carbocycles. The lowest BCUT2D eigenvalue weighted by Gasteiger charge is -2.25. The van der Waals surface area contributed by atoms with Crippen molar-refractivity contribution >= 4 is 11.6 Å². The minimum Gasteiger partial charge on any atom is -0.329 e. The number of carbonyl (C=O) groups excluding carboxylic acids is 1. The molecular formula is C13H19FN2O. The number of hydrogen-bond donors (Lipinski definition) is 2. The molecule has 1 aromatic carbocycles. The molecule has 0 aromatic heterocycles. The lowest BCUT2D eigenvalue weighted by Crippen LogP contribution is -2.39. The predicted molar refractivity (Wildman–Crippen MR) is 67.2 cm³/mol. The van der Waals surface area contributed by atoms with E-state index in [1.165, 1.54) is 12.1 Å². The zero-order valence-corrected chi connectivity index (χ0v) is 10.5. The maximum Gasteiger partial charge on any atom is 0.231 e. The van der Waals surface area contributed by atoms with Crippen LogP contribution in [0.1, 0.15) is 25.8 Å². The molecule has 3 N–H and O–H groups in total. The van der Waals surface area contributed by atoms with Crippen LogP contribution in [0.5, 0.6) is 0 Å². The first-order chi connectivity index (χ1) is 7.92. The van der Waals surface area contributed by atoms with Crippen LogP contribution < -0.4 is 11.1 Å². The van der Waals surface area contributed by atoms with Gasteiger partial charge in [-0.15, -0.1) is 0 Å². The largest absolute Gasteiger partial charge is 0.329 e. The van der Waals surface area contributed by atoms with E-state index in [9.17, 15) is 9.18 Å². The molecule has 1 amide bonds. The maximum atomic E-state index is 12.9. The summed E-state index contributed by atoms with van der Waals surface area (Å²) >= 11 is 0. The minimum absolute atomic E-state index is 0.128. The third-order valence-electron chi connectivity index (χ3n) is 3.22. The first kappa shape index (κ1) is 13.6. The number of aryl methyl sites for hydroxylation is 1. The van der Waals surface area contributed by atoms with Crippen LogP contribution in [0.4, 0.5) is 10.1 Å². The average Bonchev–Trinajstić information content (AvgIpc) is 2.31. The van der Waals surface area contributed by atoms with E-state index in [1.54, 1.807) is 13.0 Å². The molecule has 1 rings (SSSR count). The molecule has 0 spiro atoms. The Kier molecular flexibility index (Phi) is 4.23. The smallest absolute Gasteiger partial charge is 0.231 e. The highest BCUT2D eigenvalue weighted by Crippen LogP contribution is 2.23. The Labute approximate surface area is 101 Å². The summed E-state index contributed by atoms with van der Waals surface area (Å²) in [6, 6.07) is 4.28. The summed E-state index contributed by atoms with van der Waals surface area (Å²) in [7, 11) is 0. The Bertz CT molecular complexity index is 414. The van der Waals surface area contributed by atoms with Crippen molar-refractivity contribution in [3.8, 4) is 0 Å². The van der Waals surface area contributed by atoms with E-state index in [0.29, 0.717) is 17.7 Å². The molecule has 0 aliphatic heterocycles. The number of amides is 1. The van der Waals surface area contributed by atoms with Crippen LogP contribution in [-0.4, -0.2) is 12.5 Å². The van der Waals surface area contributed by atoms with Gasteiger partial charge in [0.25, 0.3) is 0 Å². The highest BCUT2D eigenvalue weighted by molar-refractivity contribution is 5.95. The van der Waals surface area contributed by atoms with Gasteiger partial charge in [-0.05, 0) is 44.0 Å². The Hall–Kier alpha value is -1.42. The Balaban J connectivity index is 2.88. The normalized spacial score (nSPS) is 14.2. The predicted octanol–water partition coefficient (Wildman–Crippen LogP) is 2.45. The molecule has 0 heterocycles. The fourth-order valence-electron chi connectivity index (χ4n) is 1.44. The molecule has 17 heavy (non-hydrogen) atoms. The summed E-state index contributed by atoms with van der Waals surface area (Å²) in [5, 5.41) is 2.79. The molecule has 4 heteroatoms. The van der Waals surface area contributed by atoms with E-state index in [2.05, 4.69) is 5.32 Å². The monoisotopic (exact) mass is 238 g/mol. The standard InChI is InChI=1S/C13H19FN2O/c1-4-13(3,8-15)12(17)16-11-6-5-10(14)7-9(11)2/h5-7H,4,8,15H2,1-3H3,(H,16,17). The quantitative estimate of drug-likeness (QED) is 0.846. The van der Waals surface area contributed by atoms with E-state index < -0.39 is 5.41 Å². The van der Waals surface area contributed by atoms with Gasteiger partial charge >= 0.3 is 0 Å². The third-order valence-corrected chi connectivity index (χ3v) is 3.22. The number of nitrogens with two attached hydrogens (primary N) is 1. The molecule has 1 unspecified atom stereocenters.